The monoisotopic (exact) mass is 471 g/mol. The Kier molecular flexibility index (Phi) is 6.97. The molecule has 1 aliphatic carbocycles. The molecule has 4 rings (SSSR count). The van der Waals surface area contributed by atoms with Crippen LogP contribution in [0.3, 0.4) is 0 Å². The summed E-state index contributed by atoms with van der Waals surface area (Å²) in [5, 5.41) is 0. The number of nitrogens with two attached hydrogens (primary N) is 2. The highest BCUT2D eigenvalue weighted by molar-refractivity contribution is 6.01. The minimum absolute atomic E-state index is 0.0101. The van der Waals surface area contributed by atoms with Crippen molar-refractivity contribution in [2.45, 2.75) is 57.7 Å². The summed E-state index contributed by atoms with van der Waals surface area (Å²) in [5.74, 6) is -1.50. The SMILES string of the molecule is NC(=O)C1CCCCN1CC(=O)c1c(N)n(Cc2ccc(F)cc2)c(=O)n(CC2CCC2)c1=O. The predicted molar refractivity (Wildman–Crippen MR) is 125 cm³/mol. The fourth-order valence-electron chi connectivity index (χ4n) is 4.76. The van der Waals surface area contributed by atoms with Gasteiger partial charge < -0.3 is 11.5 Å². The number of carbonyl (C=O) groups is 2. The summed E-state index contributed by atoms with van der Waals surface area (Å²) in [5.41, 5.74) is 10.8. The molecule has 10 heteroatoms. The minimum Gasteiger partial charge on any atom is -0.384 e. The van der Waals surface area contributed by atoms with Crippen LogP contribution >= 0.6 is 0 Å². The van der Waals surface area contributed by atoms with E-state index < -0.39 is 34.8 Å². The topological polar surface area (TPSA) is 133 Å². The van der Waals surface area contributed by atoms with Crippen molar-refractivity contribution in [1.29, 1.82) is 0 Å². The number of Topliss-reactive ketones (excluding diaryl/α,β-unsaturated/α-hetero) is 1. The molecular formula is C24H30FN5O4. The number of likely N-dealkylation sites (tertiary alicyclic amines) is 1. The average Bonchev–Trinajstić information content (AvgIpc) is 2.77. The Morgan fingerprint density at radius 1 is 1.00 bits per heavy atom. The van der Waals surface area contributed by atoms with Crippen LogP contribution < -0.4 is 22.7 Å². The van der Waals surface area contributed by atoms with Gasteiger partial charge in [0.25, 0.3) is 5.56 Å². The van der Waals surface area contributed by atoms with Gasteiger partial charge in [-0.2, -0.15) is 0 Å². The van der Waals surface area contributed by atoms with Gasteiger partial charge in [0.05, 0.1) is 19.1 Å². The number of amides is 1. The number of primary amides is 1. The summed E-state index contributed by atoms with van der Waals surface area (Å²) in [4.78, 5) is 53.5. The van der Waals surface area contributed by atoms with Gasteiger partial charge in [0, 0.05) is 6.54 Å². The van der Waals surface area contributed by atoms with Gasteiger partial charge >= 0.3 is 5.69 Å². The van der Waals surface area contributed by atoms with Crippen LogP contribution in [-0.4, -0.2) is 44.9 Å². The van der Waals surface area contributed by atoms with Crippen LogP contribution in [0.15, 0.2) is 33.9 Å². The molecule has 2 aromatic rings. The molecule has 182 valence electrons. The molecule has 1 atom stereocenters. The van der Waals surface area contributed by atoms with E-state index in [-0.39, 0.29) is 36.9 Å². The standard InChI is InChI=1S/C24H30FN5O4/c25-17-9-7-16(8-10-17)12-29-21(26)20(23(33)30(24(29)34)13-15-4-3-5-15)19(31)14-28-11-2-1-6-18(28)22(27)32/h7-10,15,18H,1-6,11-14,26H2,(H2,27,32). The lowest BCUT2D eigenvalue weighted by atomic mass is 9.85. The van der Waals surface area contributed by atoms with Crippen LogP contribution in [0.1, 0.15) is 54.4 Å². The number of carbonyl (C=O) groups excluding carboxylic acids is 2. The Hall–Kier alpha value is -3.27. The van der Waals surface area contributed by atoms with Crippen molar-refractivity contribution in [3.05, 3.63) is 62.0 Å². The summed E-state index contributed by atoms with van der Waals surface area (Å²) in [6.07, 6.45) is 5.04. The van der Waals surface area contributed by atoms with Gasteiger partial charge in [0.1, 0.15) is 17.2 Å². The van der Waals surface area contributed by atoms with Crippen LogP contribution in [0, 0.1) is 11.7 Å². The summed E-state index contributed by atoms with van der Waals surface area (Å²) in [6, 6.07) is 5.01. The lowest BCUT2D eigenvalue weighted by Crippen LogP contribution is -2.51. The van der Waals surface area contributed by atoms with Crippen LogP contribution in [0.5, 0.6) is 0 Å². The molecule has 1 saturated carbocycles. The van der Waals surface area contributed by atoms with E-state index in [1.807, 2.05) is 0 Å². The summed E-state index contributed by atoms with van der Waals surface area (Å²) < 4.78 is 15.6. The molecule has 0 radical (unpaired) electrons. The van der Waals surface area contributed by atoms with Crippen molar-refractivity contribution in [3.63, 3.8) is 0 Å². The molecule has 2 heterocycles. The maximum Gasteiger partial charge on any atom is 0.332 e. The highest BCUT2D eigenvalue weighted by Gasteiger charge is 2.31. The number of nitrogen functional groups attached to an aromatic ring is 1. The highest BCUT2D eigenvalue weighted by atomic mass is 19.1. The third kappa shape index (κ3) is 4.82. The first-order valence-electron chi connectivity index (χ1n) is 11.7. The Bertz CT molecular complexity index is 1200. The van der Waals surface area contributed by atoms with E-state index in [1.54, 1.807) is 4.90 Å². The van der Waals surface area contributed by atoms with E-state index in [4.69, 9.17) is 11.5 Å². The average molecular weight is 472 g/mol. The quantitative estimate of drug-likeness (QED) is 0.554. The lowest BCUT2D eigenvalue weighted by Gasteiger charge is -2.33. The second kappa shape index (κ2) is 9.92. The molecular weight excluding hydrogens is 441 g/mol. The van der Waals surface area contributed by atoms with Gasteiger partial charge in [-0.3, -0.25) is 28.4 Å². The van der Waals surface area contributed by atoms with Crippen molar-refractivity contribution in [2.75, 3.05) is 18.8 Å². The third-order valence-electron chi connectivity index (χ3n) is 6.95. The number of piperidine rings is 1. The third-order valence-corrected chi connectivity index (χ3v) is 6.95. The van der Waals surface area contributed by atoms with Gasteiger partial charge in [0.2, 0.25) is 5.91 Å². The Morgan fingerprint density at radius 3 is 2.32 bits per heavy atom. The first-order valence-corrected chi connectivity index (χ1v) is 11.7. The number of anilines is 1. The van der Waals surface area contributed by atoms with Crippen LogP contribution in [0.4, 0.5) is 10.2 Å². The number of hydrogen-bond donors (Lipinski definition) is 2. The number of ketones is 1. The molecule has 0 spiro atoms. The second-order valence-corrected chi connectivity index (χ2v) is 9.28. The largest absolute Gasteiger partial charge is 0.384 e. The predicted octanol–water partition coefficient (Wildman–Crippen LogP) is 1.10. The van der Waals surface area contributed by atoms with Gasteiger partial charge in [-0.05, 0) is 55.8 Å². The first kappa shape index (κ1) is 23.9. The van der Waals surface area contributed by atoms with Gasteiger partial charge in [-0.25, -0.2) is 9.18 Å². The Balaban J connectivity index is 1.74. The number of aromatic nitrogens is 2. The van der Waals surface area contributed by atoms with Gasteiger partial charge in [-0.15, -0.1) is 0 Å². The molecule has 0 bridgehead atoms. The van der Waals surface area contributed by atoms with Crippen molar-refractivity contribution in [3.8, 4) is 0 Å². The lowest BCUT2D eigenvalue weighted by molar-refractivity contribution is -0.124. The molecule has 1 aromatic carbocycles. The summed E-state index contributed by atoms with van der Waals surface area (Å²) in [7, 11) is 0. The van der Waals surface area contributed by atoms with Crippen molar-refractivity contribution < 1.29 is 14.0 Å². The minimum atomic E-state index is -0.706. The number of nitrogens with zero attached hydrogens (tertiary/aromatic N) is 3. The van der Waals surface area contributed by atoms with E-state index in [0.717, 1.165) is 36.7 Å². The zero-order chi connectivity index (χ0) is 24.4. The van der Waals surface area contributed by atoms with E-state index in [2.05, 4.69) is 0 Å². The molecule has 1 aliphatic heterocycles. The summed E-state index contributed by atoms with van der Waals surface area (Å²) in [6.45, 7) is 0.523. The Morgan fingerprint density at radius 2 is 1.71 bits per heavy atom. The van der Waals surface area contributed by atoms with E-state index in [1.165, 1.54) is 28.8 Å². The summed E-state index contributed by atoms with van der Waals surface area (Å²) >= 11 is 0. The molecule has 4 N–H and O–H groups in total. The van der Waals surface area contributed by atoms with Crippen molar-refractivity contribution >= 4 is 17.5 Å². The van der Waals surface area contributed by atoms with Crippen LogP contribution in [-0.2, 0) is 17.9 Å². The molecule has 2 aliphatic rings. The highest BCUT2D eigenvalue weighted by Crippen LogP contribution is 2.27. The van der Waals surface area contributed by atoms with E-state index in [9.17, 15) is 23.6 Å². The molecule has 1 unspecified atom stereocenters. The van der Waals surface area contributed by atoms with Crippen molar-refractivity contribution in [1.82, 2.24) is 14.0 Å². The van der Waals surface area contributed by atoms with Crippen LogP contribution in [0.25, 0.3) is 0 Å². The number of halogens is 1. The van der Waals surface area contributed by atoms with Gasteiger partial charge in [-0.1, -0.05) is 25.0 Å². The number of hydrogen-bond acceptors (Lipinski definition) is 6. The molecule has 9 nitrogen and oxygen atoms in total. The van der Waals surface area contributed by atoms with E-state index in [0.29, 0.717) is 18.5 Å². The first-order chi connectivity index (χ1) is 16.3. The fourth-order valence-corrected chi connectivity index (χ4v) is 4.76. The normalized spacial score (nSPS) is 19.0. The Labute approximate surface area is 196 Å². The molecule has 34 heavy (non-hydrogen) atoms. The molecule has 2 fully saturated rings. The second-order valence-electron chi connectivity index (χ2n) is 9.28. The molecule has 1 aromatic heterocycles. The number of benzene rings is 1. The zero-order valence-electron chi connectivity index (χ0n) is 19.0. The molecule has 1 saturated heterocycles. The smallest absolute Gasteiger partial charge is 0.332 e. The maximum atomic E-state index is 13.4. The van der Waals surface area contributed by atoms with Crippen LogP contribution in [0.2, 0.25) is 0 Å². The maximum absolute atomic E-state index is 13.4. The molecule has 1 amide bonds. The zero-order valence-corrected chi connectivity index (χ0v) is 19.0. The van der Waals surface area contributed by atoms with E-state index >= 15 is 0 Å². The van der Waals surface area contributed by atoms with Crippen molar-refractivity contribution in [2.24, 2.45) is 11.7 Å². The van der Waals surface area contributed by atoms with Gasteiger partial charge in [0.15, 0.2) is 5.78 Å². The number of rotatable bonds is 8. The fraction of sp³-hybridized carbons (Fsp3) is 0.500.